The second-order valence-electron chi connectivity index (χ2n) is 4.72. The molecule has 0 aliphatic rings. The Morgan fingerprint density at radius 3 is 2.08 bits per heavy atom. The summed E-state index contributed by atoms with van der Waals surface area (Å²) in [5, 5.41) is 10.9. The predicted molar refractivity (Wildman–Crippen MR) is 93.6 cm³/mol. The second kappa shape index (κ2) is 7.74. The van der Waals surface area contributed by atoms with Gasteiger partial charge < -0.3 is 9.84 Å². The van der Waals surface area contributed by atoms with Gasteiger partial charge >= 0.3 is 11.9 Å². The van der Waals surface area contributed by atoms with Crippen molar-refractivity contribution in [1.82, 2.24) is 0 Å². The lowest BCUT2D eigenvalue weighted by molar-refractivity contribution is 0.0668. The molecule has 3 aromatic rings. The molecule has 0 amide bonds. The molecule has 3 rings (SSSR count). The zero-order valence-corrected chi connectivity index (χ0v) is 12.9. The molecule has 1 N–H and O–H groups in total. The maximum absolute atomic E-state index is 12.3. The summed E-state index contributed by atoms with van der Waals surface area (Å²) in [6.45, 7) is 6.00. The molecule has 0 heterocycles. The minimum Gasteiger partial charge on any atom is -0.478 e. The molecule has 24 heavy (non-hydrogen) atoms. The third-order valence-corrected chi connectivity index (χ3v) is 3.33. The molecule has 120 valence electrons. The van der Waals surface area contributed by atoms with Crippen LogP contribution in [0.25, 0.3) is 10.8 Å². The number of fused-ring (bicyclic) bond motifs is 1. The van der Waals surface area contributed by atoms with Gasteiger partial charge in [-0.1, -0.05) is 48.5 Å². The van der Waals surface area contributed by atoms with E-state index in [0.717, 1.165) is 10.8 Å². The van der Waals surface area contributed by atoms with Gasteiger partial charge in [-0.05, 0) is 23.6 Å². The van der Waals surface area contributed by atoms with Crippen LogP contribution in [0.2, 0.25) is 0 Å². The summed E-state index contributed by atoms with van der Waals surface area (Å²) in [5.74, 6) is -1.44. The molecule has 0 unspecified atom stereocenters. The molecule has 0 spiro atoms. The van der Waals surface area contributed by atoms with E-state index in [1.165, 1.54) is 12.1 Å². The zero-order valence-electron chi connectivity index (χ0n) is 12.9. The molecule has 4 heteroatoms. The van der Waals surface area contributed by atoms with E-state index in [4.69, 9.17) is 9.84 Å². The molecule has 0 aliphatic carbocycles. The Morgan fingerprint density at radius 1 is 0.792 bits per heavy atom. The summed E-state index contributed by atoms with van der Waals surface area (Å²) in [7, 11) is 0. The summed E-state index contributed by atoms with van der Waals surface area (Å²) < 4.78 is 5.40. The van der Waals surface area contributed by atoms with Crippen LogP contribution >= 0.6 is 0 Å². The van der Waals surface area contributed by atoms with Crippen molar-refractivity contribution in [3.05, 3.63) is 91.0 Å². The Balaban J connectivity index is 0.00000100. The molecular weight excluding hydrogens is 304 g/mol. The van der Waals surface area contributed by atoms with E-state index in [-0.39, 0.29) is 11.1 Å². The molecule has 0 radical (unpaired) electrons. The van der Waals surface area contributed by atoms with Crippen LogP contribution in [-0.2, 0) is 0 Å². The fourth-order valence-corrected chi connectivity index (χ4v) is 2.29. The molecule has 4 nitrogen and oxygen atoms in total. The highest BCUT2D eigenvalue weighted by Crippen LogP contribution is 2.26. The van der Waals surface area contributed by atoms with Gasteiger partial charge in [0, 0.05) is 5.39 Å². The van der Waals surface area contributed by atoms with Crippen LogP contribution in [0.3, 0.4) is 0 Å². The monoisotopic (exact) mass is 320 g/mol. The van der Waals surface area contributed by atoms with Gasteiger partial charge in [-0.2, -0.15) is 0 Å². The molecule has 0 fully saturated rings. The van der Waals surface area contributed by atoms with Crippen LogP contribution in [-0.4, -0.2) is 17.0 Å². The largest absolute Gasteiger partial charge is 0.478 e. The fourth-order valence-electron chi connectivity index (χ4n) is 2.29. The summed E-state index contributed by atoms with van der Waals surface area (Å²) in [6.07, 6.45) is 0. The number of esters is 1. The average molecular weight is 320 g/mol. The van der Waals surface area contributed by atoms with Crippen molar-refractivity contribution in [1.29, 1.82) is 0 Å². The van der Waals surface area contributed by atoms with E-state index < -0.39 is 11.9 Å². The highest BCUT2D eigenvalue weighted by atomic mass is 16.5. The molecule has 0 aliphatic heterocycles. The van der Waals surface area contributed by atoms with E-state index in [9.17, 15) is 9.59 Å². The first-order chi connectivity index (χ1) is 11.7. The van der Waals surface area contributed by atoms with Crippen molar-refractivity contribution < 1.29 is 19.4 Å². The SMILES string of the molecule is C=C.O=C(O)c1ccccc1C(=O)Oc1cccc2ccccc12. The van der Waals surface area contributed by atoms with Crippen molar-refractivity contribution in [2.45, 2.75) is 0 Å². The lowest BCUT2D eigenvalue weighted by Gasteiger charge is -2.09. The van der Waals surface area contributed by atoms with Gasteiger partial charge in [0.25, 0.3) is 0 Å². The number of carboxylic acid groups (broad SMARTS) is 1. The number of carbonyl (C=O) groups is 2. The van der Waals surface area contributed by atoms with Crippen LogP contribution in [0.15, 0.2) is 79.9 Å². The topological polar surface area (TPSA) is 63.6 Å². The van der Waals surface area contributed by atoms with Gasteiger partial charge in [0.1, 0.15) is 5.75 Å². The van der Waals surface area contributed by atoms with Gasteiger partial charge in [-0.25, -0.2) is 9.59 Å². The van der Waals surface area contributed by atoms with Crippen molar-refractivity contribution in [3.63, 3.8) is 0 Å². The van der Waals surface area contributed by atoms with E-state index in [1.54, 1.807) is 24.3 Å². The van der Waals surface area contributed by atoms with Gasteiger partial charge in [-0.3, -0.25) is 0 Å². The number of carbonyl (C=O) groups excluding carboxylic acids is 1. The van der Waals surface area contributed by atoms with Crippen LogP contribution in [0, 0.1) is 0 Å². The first kappa shape index (κ1) is 17.0. The van der Waals surface area contributed by atoms with Crippen LogP contribution in [0.1, 0.15) is 20.7 Å². The van der Waals surface area contributed by atoms with Gasteiger partial charge in [-0.15, -0.1) is 13.2 Å². The summed E-state index contributed by atoms with van der Waals surface area (Å²) in [6, 6.07) is 18.9. The number of ether oxygens (including phenoxy) is 1. The highest BCUT2D eigenvalue weighted by molar-refractivity contribution is 6.04. The van der Waals surface area contributed by atoms with E-state index in [0.29, 0.717) is 5.75 Å². The minimum absolute atomic E-state index is 0.0305. The highest BCUT2D eigenvalue weighted by Gasteiger charge is 2.18. The fraction of sp³-hybridized carbons (Fsp3) is 0. The average Bonchev–Trinajstić information content (AvgIpc) is 2.63. The zero-order chi connectivity index (χ0) is 17.5. The van der Waals surface area contributed by atoms with Gasteiger partial charge in [0.15, 0.2) is 0 Å². The third kappa shape index (κ3) is 3.50. The summed E-state index contributed by atoms with van der Waals surface area (Å²) in [5.41, 5.74) is -0.0457. The van der Waals surface area contributed by atoms with Crippen molar-refractivity contribution in [2.75, 3.05) is 0 Å². The Kier molecular flexibility index (Phi) is 5.47. The predicted octanol–water partition coefficient (Wildman–Crippen LogP) is 4.56. The Bertz CT molecular complexity index is 878. The first-order valence-corrected chi connectivity index (χ1v) is 7.19. The Hall–Kier alpha value is -3.40. The first-order valence-electron chi connectivity index (χ1n) is 7.19. The summed E-state index contributed by atoms with van der Waals surface area (Å²) >= 11 is 0. The number of hydrogen-bond acceptors (Lipinski definition) is 3. The summed E-state index contributed by atoms with van der Waals surface area (Å²) in [4.78, 5) is 23.5. The van der Waals surface area contributed by atoms with Crippen LogP contribution in [0.5, 0.6) is 5.75 Å². The number of aromatic carboxylic acids is 1. The Labute approximate surface area is 139 Å². The minimum atomic E-state index is -1.16. The van der Waals surface area contributed by atoms with E-state index in [1.807, 2.05) is 30.3 Å². The normalized spacial score (nSPS) is 9.67. The second-order valence-corrected chi connectivity index (χ2v) is 4.72. The maximum atomic E-state index is 12.3. The molecular formula is C20H16O4. The number of rotatable bonds is 3. The third-order valence-electron chi connectivity index (χ3n) is 3.33. The van der Waals surface area contributed by atoms with Gasteiger partial charge in [0.2, 0.25) is 0 Å². The molecule has 0 saturated heterocycles. The number of carboxylic acids is 1. The number of hydrogen-bond donors (Lipinski definition) is 1. The quantitative estimate of drug-likeness (QED) is 0.436. The van der Waals surface area contributed by atoms with Crippen LogP contribution < -0.4 is 4.74 Å². The van der Waals surface area contributed by atoms with E-state index >= 15 is 0 Å². The van der Waals surface area contributed by atoms with Crippen molar-refractivity contribution in [2.24, 2.45) is 0 Å². The van der Waals surface area contributed by atoms with Crippen molar-refractivity contribution in [3.8, 4) is 5.75 Å². The molecule has 0 atom stereocenters. The molecule has 3 aromatic carbocycles. The lowest BCUT2D eigenvalue weighted by atomic mass is 10.1. The standard InChI is InChI=1S/C18H12O4.C2H4/c19-17(20)14-9-3-4-10-15(14)18(21)22-16-11-5-7-12-6-1-2-8-13(12)16;1-2/h1-11H,(H,19,20);1-2H2. The number of benzene rings is 3. The molecule has 0 bridgehead atoms. The lowest BCUT2D eigenvalue weighted by Crippen LogP contribution is -2.14. The maximum Gasteiger partial charge on any atom is 0.344 e. The Morgan fingerprint density at radius 2 is 1.38 bits per heavy atom. The molecule has 0 aromatic heterocycles. The van der Waals surface area contributed by atoms with Crippen molar-refractivity contribution >= 4 is 22.7 Å². The smallest absolute Gasteiger partial charge is 0.344 e. The van der Waals surface area contributed by atoms with Gasteiger partial charge in [0.05, 0.1) is 11.1 Å². The molecule has 0 saturated carbocycles. The van der Waals surface area contributed by atoms with E-state index in [2.05, 4.69) is 13.2 Å². The van der Waals surface area contributed by atoms with Crippen LogP contribution in [0.4, 0.5) is 0 Å².